The van der Waals surface area contributed by atoms with E-state index in [0.29, 0.717) is 23.2 Å². The van der Waals surface area contributed by atoms with Gasteiger partial charge in [0.05, 0.1) is 4.90 Å². The van der Waals surface area contributed by atoms with Gasteiger partial charge in [0.2, 0.25) is 10.0 Å². The second kappa shape index (κ2) is 7.30. The number of aryl methyl sites for hydroxylation is 2. The molecule has 0 spiro atoms. The van der Waals surface area contributed by atoms with Crippen molar-refractivity contribution in [3.05, 3.63) is 59.7 Å². The Morgan fingerprint density at radius 3 is 1.92 bits per heavy atom. The van der Waals surface area contributed by atoms with E-state index in [-0.39, 0.29) is 0 Å². The van der Waals surface area contributed by atoms with Crippen molar-refractivity contribution in [2.45, 2.75) is 41.7 Å². The molecule has 3 nitrogen and oxygen atoms in total. The largest absolute Gasteiger partial charge is 0.243 e. The molecule has 2 aromatic rings. The zero-order valence-corrected chi connectivity index (χ0v) is 15.7. The van der Waals surface area contributed by atoms with Crippen LogP contribution < -0.4 is 0 Å². The zero-order chi connectivity index (χ0) is 17.2. The highest BCUT2D eigenvalue weighted by Crippen LogP contribution is 2.32. The average molecular weight is 362 g/mol. The first-order valence-corrected chi connectivity index (χ1v) is 10.6. The SMILES string of the molecule is Cc1ccc(SC2CCN(S(=O)(=O)c3ccc(C)cc3)CC2)cc1. The fourth-order valence-corrected chi connectivity index (χ4v) is 5.45. The molecule has 0 N–H and O–H groups in total. The lowest BCUT2D eigenvalue weighted by Gasteiger charge is -2.31. The lowest BCUT2D eigenvalue weighted by molar-refractivity contribution is 0.352. The average Bonchev–Trinajstić information content (AvgIpc) is 2.58. The van der Waals surface area contributed by atoms with Crippen molar-refractivity contribution in [2.75, 3.05) is 13.1 Å². The highest BCUT2D eigenvalue weighted by molar-refractivity contribution is 8.00. The minimum Gasteiger partial charge on any atom is -0.207 e. The van der Waals surface area contributed by atoms with Crippen molar-refractivity contribution in [1.29, 1.82) is 0 Å². The lowest BCUT2D eigenvalue weighted by Crippen LogP contribution is -2.39. The van der Waals surface area contributed by atoms with Crippen LogP contribution in [0, 0.1) is 13.8 Å². The minimum absolute atomic E-state index is 0.401. The van der Waals surface area contributed by atoms with Gasteiger partial charge in [-0.1, -0.05) is 35.4 Å². The highest BCUT2D eigenvalue weighted by Gasteiger charge is 2.29. The molecular formula is C19H23NO2S2. The quantitative estimate of drug-likeness (QED) is 0.817. The van der Waals surface area contributed by atoms with Crippen LogP contribution in [0.3, 0.4) is 0 Å². The third kappa shape index (κ3) is 4.02. The number of benzene rings is 2. The summed E-state index contributed by atoms with van der Waals surface area (Å²) >= 11 is 1.86. The number of piperidine rings is 1. The van der Waals surface area contributed by atoms with Crippen molar-refractivity contribution in [3.63, 3.8) is 0 Å². The molecule has 0 radical (unpaired) electrons. The van der Waals surface area contributed by atoms with Crippen LogP contribution in [-0.4, -0.2) is 31.1 Å². The number of nitrogens with zero attached hydrogens (tertiary/aromatic N) is 1. The predicted octanol–water partition coefficient (Wildman–Crippen LogP) is 4.25. The van der Waals surface area contributed by atoms with Gasteiger partial charge in [-0.05, 0) is 51.0 Å². The Morgan fingerprint density at radius 1 is 0.875 bits per heavy atom. The maximum Gasteiger partial charge on any atom is 0.243 e. The van der Waals surface area contributed by atoms with E-state index in [1.807, 2.05) is 30.8 Å². The Morgan fingerprint density at radius 2 is 1.38 bits per heavy atom. The Hall–Kier alpha value is -1.30. The Kier molecular flexibility index (Phi) is 5.33. The van der Waals surface area contributed by atoms with Crippen molar-refractivity contribution in [2.24, 2.45) is 0 Å². The molecule has 0 aliphatic carbocycles. The molecule has 0 atom stereocenters. The van der Waals surface area contributed by atoms with Crippen LogP contribution >= 0.6 is 11.8 Å². The molecule has 0 bridgehead atoms. The first kappa shape index (κ1) is 17.5. The molecule has 1 aliphatic rings. The fraction of sp³-hybridized carbons (Fsp3) is 0.368. The van der Waals surface area contributed by atoms with Crippen molar-refractivity contribution in [1.82, 2.24) is 4.31 Å². The number of sulfonamides is 1. The van der Waals surface area contributed by atoms with Crippen molar-refractivity contribution in [3.8, 4) is 0 Å². The van der Waals surface area contributed by atoms with Crippen LogP contribution in [0.25, 0.3) is 0 Å². The maximum atomic E-state index is 12.7. The molecule has 24 heavy (non-hydrogen) atoms. The summed E-state index contributed by atoms with van der Waals surface area (Å²) in [6.07, 6.45) is 1.78. The molecule has 3 rings (SSSR count). The fourth-order valence-electron chi connectivity index (χ4n) is 2.86. The van der Waals surface area contributed by atoms with Crippen LogP contribution in [0.4, 0.5) is 0 Å². The van der Waals surface area contributed by atoms with Crippen LogP contribution in [0.1, 0.15) is 24.0 Å². The van der Waals surface area contributed by atoms with E-state index < -0.39 is 10.0 Å². The maximum absolute atomic E-state index is 12.7. The molecule has 1 saturated heterocycles. The summed E-state index contributed by atoms with van der Waals surface area (Å²) < 4.78 is 27.1. The first-order chi connectivity index (χ1) is 11.4. The van der Waals surface area contributed by atoms with E-state index in [4.69, 9.17) is 0 Å². The van der Waals surface area contributed by atoms with Crippen molar-refractivity contribution >= 4 is 21.8 Å². The lowest BCUT2D eigenvalue weighted by atomic mass is 10.2. The van der Waals surface area contributed by atoms with E-state index in [9.17, 15) is 8.42 Å². The van der Waals surface area contributed by atoms with E-state index >= 15 is 0 Å². The van der Waals surface area contributed by atoms with E-state index in [1.54, 1.807) is 16.4 Å². The summed E-state index contributed by atoms with van der Waals surface area (Å²) in [5.74, 6) is 0. The molecule has 5 heteroatoms. The molecule has 128 valence electrons. The monoisotopic (exact) mass is 361 g/mol. The molecule has 0 saturated carbocycles. The van der Waals surface area contributed by atoms with Gasteiger partial charge in [-0.2, -0.15) is 4.31 Å². The molecule has 0 amide bonds. The summed E-state index contributed by atoms with van der Waals surface area (Å²) in [7, 11) is -3.36. The molecule has 2 aromatic carbocycles. The van der Waals surface area contributed by atoms with Gasteiger partial charge in [0.15, 0.2) is 0 Å². The van der Waals surface area contributed by atoms with E-state index in [0.717, 1.165) is 18.4 Å². The van der Waals surface area contributed by atoms with E-state index in [2.05, 4.69) is 31.2 Å². The van der Waals surface area contributed by atoms with Crippen molar-refractivity contribution < 1.29 is 8.42 Å². The summed E-state index contributed by atoms with van der Waals surface area (Å²) in [5, 5.41) is 0.483. The standard InChI is InChI=1S/C19H23NO2S2/c1-15-3-7-17(8-4-15)23-18-11-13-20(14-12-18)24(21,22)19-9-5-16(2)6-10-19/h3-10,18H,11-14H2,1-2H3. The smallest absolute Gasteiger partial charge is 0.207 e. The zero-order valence-electron chi connectivity index (χ0n) is 14.1. The van der Waals surface area contributed by atoms with Gasteiger partial charge in [-0.3, -0.25) is 0 Å². The van der Waals surface area contributed by atoms with Gasteiger partial charge < -0.3 is 0 Å². The number of hydrogen-bond donors (Lipinski definition) is 0. The first-order valence-electron chi connectivity index (χ1n) is 8.25. The molecule has 0 unspecified atom stereocenters. The number of hydrogen-bond acceptors (Lipinski definition) is 3. The second-order valence-corrected chi connectivity index (χ2v) is 9.66. The third-order valence-electron chi connectivity index (χ3n) is 4.38. The number of thioether (sulfide) groups is 1. The topological polar surface area (TPSA) is 37.4 Å². The van der Waals surface area contributed by atoms with Gasteiger partial charge in [-0.15, -0.1) is 11.8 Å². The molecular weight excluding hydrogens is 338 g/mol. The molecule has 1 fully saturated rings. The molecule has 0 aromatic heterocycles. The van der Waals surface area contributed by atoms with E-state index in [1.165, 1.54) is 10.5 Å². The summed E-state index contributed by atoms with van der Waals surface area (Å²) in [5.41, 5.74) is 2.33. The Balaban J connectivity index is 1.62. The Labute approximate surface area is 149 Å². The minimum atomic E-state index is -3.36. The summed E-state index contributed by atoms with van der Waals surface area (Å²) in [4.78, 5) is 1.66. The normalized spacial score (nSPS) is 17.1. The van der Waals surface area contributed by atoms with Gasteiger partial charge in [-0.25, -0.2) is 8.42 Å². The van der Waals surface area contributed by atoms with Crippen LogP contribution in [0.5, 0.6) is 0 Å². The summed E-state index contributed by atoms with van der Waals surface area (Å²) in [6.45, 7) is 5.24. The van der Waals surface area contributed by atoms with Crippen LogP contribution in [-0.2, 0) is 10.0 Å². The third-order valence-corrected chi connectivity index (χ3v) is 7.65. The van der Waals surface area contributed by atoms with Gasteiger partial charge in [0, 0.05) is 23.2 Å². The van der Waals surface area contributed by atoms with Gasteiger partial charge >= 0.3 is 0 Å². The Bertz CT molecular complexity index is 775. The highest BCUT2D eigenvalue weighted by atomic mass is 32.2. The van der Waals surface area contributed by atoms with Crippen LogP contribution in [0.15, 0.2) is 58.3 Å². The summed E-state index contributed by atoms with van der Waals surface area (Å²) in [6, 6.07) is 15.7. The second-order valence-electron chi connectivity index (χ2n) is 6.35. The van der Waals surface area contributed by atoms with Crippen LogP contribution in [0.2, 0.25) is 0 Å². The molecule has 1 heterocycles. The predicted molar refractivity (Wildman–Crippen MR) is 100.0 cm³/mol. The molecule has 1 aliphatic heterocycles. The van der Waals surface area contributed by atoms with Gasteiger partial charge in [0.1, 0.15) is 0 Å². The van der Waals surface area contributed by atoms with Gasteiger partial charge in [0.25, 0.3) is 0 Å². The number of rotatable bonds is 4.